The molecule has 0 saturated heterocycles. The molecule has 0 amide bonds. The van der Waals surface area contributed by atoms with E-state index in [2.05, 4.69) is 5.10 Å². The lowest BCUT2D eigenvalue weighted by molar-refractivity contribution is 0.0684. The maximum Gasteiger partial charge on any atom is 0.354 e. The lowest BCUT2D eigenvalue weighted by Crippen LogP contribution is -2.10. The number of benzene rings is 2. The van der Waals surface area contributed by atoms with Crippen LogP contribution in [-0.2, 0) is 6.54 Å². The molecule has 5 heteroatoms. The number of carboxylic acid groups (broad SMARTS) is 1. The van der Waals surface area contributed by atoms with Crippen LogP contribution in [0.3, 0.4) is 0 Å². The van der Waals surface area contributed by atoms with Crippen molar-refractivity contribution in [3.05, 3.63) is 77.7 Å². The van der Waals surface area contributed by atoms with Crippen molar-refractivity contribution in [2.24, 2.45) is 0 Å². The van der Waals surface area contributed by atoms with Gasteiger partial charge in [-0.15, -0.1) is 0 Å². The van der Waals surface area contributed by atoms with Gasteiger partial charge in [0.2, 0.25) is 0 Å². The zero-order chi connectivity index (χ0) is 15.5. The van der Waals surface area contributed by atoms with Crippen LogP contribution >= 0.6 is 0 Å². The fraction of sp³-hybridized carbons (Fsp3) is 0.0588. The van der Waals surface area contributed by atoms with Crippen LogP contribution in [0.4, 0.5) is 4.39 Å². The highest BCUT2D eigenvalue weighted by Crippen LogP contribution is 2.20. The first-order valence-corrected chi connectivity index (χ1v) is 6.74. The van der Waals surface area contributed by atoms with Crippen LogP contribution in [0.2, 0.25) is 0 Å². The molecule has 0 radical (unpaired) electrons. The summed E-state index contributed by atoms with van der Waals surface area (Å²) in [5.74, 6) is -1.39. The van der Waals surface area contributed by atoms with E-state index < -0.39 is 5.97 Å². The van der Waals surface area contributed by atoms with Crippen LogP contribution in [0.5, 0.6) is 0 Å². The molecular formula is C17H13FN2O2. The summed E-state index contributed by atoms with van der Waals surface area (Å²) in [5.41, 5.74) is 2.24. The van der Waals surface area contributed by atoms with Gasteiger partial charge in [-0.1, -0.05) is 30.3 Å². The minimum atomic E-state index is -1.04. The van der Waals surface area contributed by atoms with Gasteiger partial charge in [0.05, 0.1) is 12.2 Å². The summed E-state index contributed by atoms with van der Waals surface area (Å²) in [6.07, 6.45) is 0. The van der Waals surface area contributed by atoms with Crippen LogP contribution in [-0.4, -0.2) is 20.9 Å². The number of hydrogen-bond acceptors (Lipinski definition) is 2. The normalized spacial score (nSPS) is 10.6. The van der Waals surface area contributed by atoms with Crippen LogP contribution in [0.1, 0.15) is 16.1 Å². The van der Waals surface area contributed by atoms with Gasteiger partial charge in [-0.3, -0.25) is 4.68 Å². The molecule has 0 atom stereocenters. The van der Waals surface area contributed by atoms with E-state index in [0.717, 1.165) is 5.56 Å². The molecule has 1 heterocycles. The van der Waals surface area contributed by atoms with Gasteiger partial charge in [0.25, 0.3) is 0 Å². The number of aromatic carboxylic acids is 1. The number of halogens is 1. The summed E-state index contributed by atoms with van der Waals surface area (Å²) in [6, 6.07) is 16.8. The van der Waals surface area contributed by atoms with E-state index in [4.69, 9.17) is 0 Å². The Morgan fingerprint density at radius 1 is 1.09 bits per heavy atom. The minimum Gasteiger partial charge on any atom is -0.477 e. The summed E-state index contributed by atoms with van der Waals surface area (Å²) >= 11 is 0. The molecular weight excluding hydrogens is 283 g/mol. The molecule has 2 aromatic carbocycles. The summed E-state index contributed by atoms with van der Waals surface area (Å²) in [6.45, 7) is 0.365. The van der Waals surface area contributed by atoms with Crippen LogP contribution in [0.15, 0.2) is 60.7 Å². The van der Waals surface area contributed by atoms with E-state index in [1.165, 1.54) is 22.9 Å². The molecule has 1 aromatic heterocycles. The monoisotopic (exact) mass is 296 g/mol. The Morgan fingerprint density at radius 3 is 2.41 bits per heavy atom. The second kappa shape index (κ2) is 5.81. The number of carbonyl (C=O) groups is 1. The Bertz CT molecular complexity index is 795. The maximum absolute atomic E-state index is 13.0. The molecule has 4 nitrogen and oxygen atoms in total. The third-order valence-corrected chi connectivity index (χ3v) is 3.31. The zero-order valence-corrected chi connectivity index (χ0v) is 11.6. The van der Waals surface area contributed by atoms with Gasteiger partial charge in [0.1, 0.15) is 11.5 Å². The highest BCUT2D eigenvalue weighted by molar-refractivity contribution is 5.87. The van der Waals surface area contributed by atoms with Gasteiger partial charge in [-0.2, -0.15) is 5.10 Å². The van der Waals surface area contributed by atoms with Crippen molar-refractivity contribution >= 4 is 5.97 Å². The second-order valence-electron chi connectivity index (χ2n) is 4.87. The van der Waals surface area contributed by atoms with E-state index in [9.17, 15) is 14.3 Å². The first-order chi connectivity index (χ1) is 10.6. The number of nitrogens with zero attached hydrogens (tertiary/aromatic N) is 2. The largest absolute Gasteiger partial charge is 0.477 e. The molecule has 0 saturated carbocycles. The van der Waals surface area contributed by atoms with E-state index in [0.29, 0.717) is 17.8 Å². The molecule has 3 rings (SSSR count). The average molecular weight is 296 g/mol. The number of hydrogen-bond donors (Lipinski definition) is 1. The minimum absolute atomic E-state index is 0.100. The smallest absolute Gasteiger partial charge is 0.354 e. The summed E-state index contributed by atoms with van der Waals surface area (Å²) < 4.78 is 14.4. The lowest BCUT2D eigenvalue weighted by Gasteiger charge is -2.04. The molecule has 0 spiro atoms. The Labute approximate surface area is 126 Å². The van der Waals surface area contributed by atoms with Crippen molar-refractivity contribution in [3.8, 4) is 11.3 Å². The maximum atomic E-state index is 13.0. The Hall–Kier alpha value is -2.95. The topological polar surface area (TPSA) is 55.1 Å². The Morgan fingerprint density at radius 2 is 1.77 bits per heavy atom. The van der Waals surface area contributed by atoms with Crippen molar-refractivity contribution in [2.75, 3.05) is 0 Å². The van der Waals surface area contributed by atoms with Gasteiger partial charge in [0, 0.05) is 5.56 Å². The highest BCUT2D eigenvalue weighted by Gasteiger charge is 2.15. The molecule has 22 heavy (non-hydrogen) atoms. The number of carboxylic acids is 1. The molecule has 3 aromatic rings. The molecule has 0 aliphatic heterocycles. The van der Waals surface area contributed by atoms with E-state index in [1.54, 1.807) is 12.1 Å². The van der Waals surface area contributed by atoms with E-state index in [-0.39, 0.29) is 11.5 Å². The van der Waals surface area contributed by atoms with Crippen molar-refractivity contribution in [1.82, 2.24) is 9.78 Å². The summed E-state index contributed by atoms with van der Waals surface area (Å²) in [7, 11) is 0. The van der Waals surface area contributed by atoms with Crippen molar-refractivity contribution in [1.29, 1.82) is 0 Å². The predicted molar refractivity (Wildman–Crippen MR) is 80.1 cm³/mol. The van der Waals surface area contributed by atoms with Gasteiger partial charge < -0.3 is 5.11 Å². The number of rotatable bonds is 4. The molecule has 0 aliphatic carbocycles. The Balaban J connectivity index is 1.99. The second-order valence-corrected chi connectivity index (χ2v) is 4.87. The first kappa shape index (κ1) is 14.0. The lowest BCUT2D eigenvalue weighted by atomic mass is 10.1. The predicted octanol–water partition coefficient (Wildman–Crippen LogP) is 3.44. The SMILES string of the molecule is O=C(O)c1cc(-c2ccc(F)cc2)nn1Cc1ccccc1. The third kappa shape index (κ3) is 2.88. The Kier molecular flexibility index (Phi) is 3.70. The molecule has 0 fully saturated rings. The standard InChI is InChI=1S/C17H13FN2O2/c18-14-8-6-13(7-9-14)15-10-16(17(21)22)20(19-15)11-12-4-2-1-3-5-12/h1-10H,11H2,(H,21,22). The molecule has 0 bridgehead atoms. The van der Waals surface area contributed by atoms with Gasteiger partial charge in [-0.25, -0.2) is 9.18 Å². The van der Waals surface area contributed by atoms with E-state index in [1.807, 2.05) is 30.3 Å². The fourth-order valence-corrected chi connectivity index (χ4v) is 2.23. The van der Waals surface area contributed by atoms with Crippen LogP contribution in [0, 0.1) is 5.82 Å². The van der Waals surface area contributed by atoms with Crippen molar-refractivity contribution in [3.63, 3.8) is 0 Å². The molecule has 110 valence electrons. The van der Waals surface area contributed by atoms with Crippen LogP contribution < -0.4 is 0 Å². The van der Waals surface area contributed by atoms with Gasteiger partial charge in [0.15, 0.2) is 0 Å². The quantitative estimate of drug-likeness (QED) is 0.802. The summed E-state index contributed by atoms with van der Waals surface area (Å²) in [5, 5.41) is 13.7. The third-order valence-electron chi connectivity index (χ3n) is 3.31. The zero-order valence-electron chi connectivity index (χ0n) is 11.6. The molecule has 1 N–H and O–H groups in total. The van der Waals surface area contributed by atoms with E-state index >= 15 is 0 Å². The summed E-state index contributed by atoms with van der Waals surface area (Å²) in [4.78, 5) is 11.4. The number of aromatic nitrogens is 2. The van der Waals surface area contributed by atoms with Crippen molar-refractivity contribution in [2.45, 2.75) is 6.54 Å². The first-order valence-electron chi connectivity index (χ1n) is 6.74. The fourth-order valence-electron chi connectivity index (χ4n) is 2.23. The average Bonchev–Trinajstić information content (AvgIpc) is 2.93. The van der Waals surface area contributed by atoms with Crippen molar-refractivity contribution < 1.29 is 14.3 Å². The van der Waals surface area contributed by atoms with Gasteiger partial charge >= 0.3 is 5.97 Å². The molecule has 0 aliphatic rings. The van der Waals surface area contributed by atoms with Gasteiger partial charge in [-0.05, 0) is 35.9 Å². The highest BCUT2D eigenvalue weighted by atomic mass is 19.1. The molecule has 0 unspecified atom stereocenters. The van der Waals surface area contributed by atoms with Crippen LogP contribution in [0.25, 0.3) is 11.3 Å².